The third-order valence-electron chi connectivity index (χ3n) is 4.73. The van der Waals surface area contributed by atoms with Gasteiger partial charge in [-0.3, -0.25) is 9.69 Å². The molecule has 2 heterocycles. The van der Waals surface area contributed by atoms with Gasteiger partial charge in [-0.2, -0.15) is 0 Å². The Balaban J connectivity index is 0.00000196. The van der Waals surface area contributed by atoms with Crippen LogP contribution in [0.25, 0.3) is 0 Å². The highest BCUT2D eigenvalue weighted by Crippen LogP contribution is 2.39. The number of halogens is 2. The maximum absolute atomic E-state index is 12.0. The van der Waals surface area contributed by atoms with Gasteiger partial charge in [0.15, 0.2) is 5.13 Å². The molecule has 1 aliphatic heterocycles. The Morgan fingerprint density at radius 2 is 2.12 bits per heavy atom. The number of hydrogen-bond acceptors (Lipinski definition) is 5. The molecule has 1 amide bonds. The number of hydrogen-bond donors (Lipinski definition) is 2. The molecule has 26 heavy (non-hydrogen) atoms. The molecule has 1 unspecified atom stereocenters. The van der Waals surface area contributed by atoms with Crippen molar-refractivity contribution in [1.82, 2.24) is 9.88 Å². The minimum atomic E-state index is -0.313. The van der Waals surface area contributed by atoms with E-state index in [1.807, 2.05) is 30.5 Å². The SMILES string of the molecule is Cl.O=C(Nc1ncc(C(c2ccccc2Cl)N2CC[C@@H](O)C2)s1)C1CC1. The first-order chi connectivity index (χ1) is 12.1. The van der Waals surface area contributed by atoms with Gasteiger partial charge < -0.3 is 10.4 Å². The topological polar surface area (TPSA) is 65.5 Å². The zero-order chi connectivity index (χ0) is 17.4. The summed E-state index contributed by atoms with van der Waals surface area (Å²) in [5, 5.41) is 14.2. The van der Waals surface area contributed by atoms with Crippen molar-refractivity contribution in [3.63, 3.8) is 0 Å². The molecule has 5 nitrogen and oxygen atoms in total. The second-order valence-electron chi connectivity index (χ2n) is 6.69. The van der Waals surface area contributed by atoms with Gasteiger partial charge in [0.2, 0.25) is 5.91 Å². The fraction of sp³-hybridized carbons (Fsp3) is 0.444. The average Bonchev–Trinajstić information content (AvgIpc) is 3.23. The first-order valence-electron chi connectivity index (χ1n) is 8.55. The summed E-state index contributed by atoms with van der Waals surface area (Å²) in [4.78, 5) is 19.6. The number of likely N-dealkylation sites (tertiary alicyclic amines) is 1. The van der Waals surface area contributed by atoms with E-state index in [4.69, 9.17) is 11.6 Å². The summed E-state index contributed by atoms with van der Waals surface area (Å²) in [6.45, 7) is 1.41. The van der Waals surface area contributed by atoms with Crippen molar-refractivity contribution in [2.24, 2.45) is 5.92 Å². The summed E-state index contributed by atoms with van der Waals surface area (Å²) in [5.41, 5.74) is 1.00. The lowest BCUT2D eigenvalue weighted by molar-refractivity contribution is -0.117. The van der Waals surface area contributed by atoms with E-state index >= 15 is 0 Å². The lowest BCUT2D eigenvalue weighted by Crippen LogP contribution is -2.28. The van der Waals surface area contributed by atoms with Crippen molar-refractivity contribution in [2.75, 3.05) is 18.4 Å². The Kier molecular flexibility index (Phi) is 6.20. The molecule has 1 aliphatic carbocycles. The maximum Gasteiger partial charge on any atom is 0.229 e. The molecule has 2 atom stereocenters. The van der Waals surface area contributed by atoms with Gasteiger partial charge in [0, 0.05) is 35.1 Å². The van der Waals surface area contributed by atoms with Gasteiger partial charge in [-0.15, -0.1) is 12.4 Å². The molecule has 1 saturated carbocycles. The number of rotatable bonds is 5. The van der Waals surface area contributed by atoms with E-state index in [2.05, 4.69) is 15.2 Å². The first-order valence-corrected chi connectivity index (χ1v) is 9.74. The molecular formula is C18H21Cl2N3O2S. The Labute approximate surface area is 167 Å². The van der Waals surface area contributed by atoms with E-state index in [0.717, 1.165) is 36.2 Å². The van der Waals surface area contributed by atoms with Gasteiger partial charge in [0.25, 0.3) is 0 Å². The van der Waals surface area contributed by atoms with Crippen LogP contribution >= 0.6 is 35.3 Å². The Morgan fingerprint density at radius 1 is 1.35 bits per heavy atom. The van der Waals surface area contributed by atoms with Crippen LogP contribution in [0.5, 0.6) is 0 Å². The second kappa shape index (κ2) is 8.23. The summed E-state index contributed by atoms with van der Waals surface area (Å²) >= 11 is 7.93. The molecule has 2 fully saturated rings. The number of aromatic nitrogens is 1. The van der Waals surface area contributed by atoms with E-state index < -0.39 is 0 Å². The third kappa shape index (κ3) is 4.21. The molecule has 0 radical (unpaired) electrons. The molecular weight excluding hydrogens is 393 g/mol. The van der Waals surface area contributed by atoms with E-state index in [1.54, 1.807) is 0 Å². The highest BCUT2D eigenvalue weighted by molar-refractivity contribution is 7.15. The number of nitrogens with zero attached hydrogens (tertiary/aromatic N) is 2. The third-order valence-corrected chi connectivity index (χ3v) is 6.04. The monoisotopic (exact) mass is 413 g/mol. The number of nitrogens with one attached hydrogen (secondary N) is 1. The summed E-state index contributed by atoms with van der Waals surface area (Å²) < 4.78 is 0. The molecule has 1 saturated heterocycles. The number of anilines is 1. The predicted octanol–water partition coefficient (Wildman–Crippen LogP) is 3.72. The molecule has 0 bridgehead atoms. The van der Waals surface area contributed by atoms with Crippen molar-refractivity contribution < 1.29 is 9.90 Å². The van der Waals surface area contributed by atoms with Gasteiger partial charge in [-0.1, -0.05) is 41.1 Å². The highest BCUT2D eigenvalue weighted by Gasteiger charge is 2.33. The van der Waals surface area contributed by atoms with Crippen LogP contribution in [-0.4, -0.2) is 40.1 Å². The molecule has 4 rings (SSSR count). The van der Waals surface area contributed by atoms with Crippen LogP contribution in [0.3, 0.4) is 0 Å². The van der Waals surface area contributed by atoms with E-state index in [-0.39, 0.29) is 36.4 Å². The summed E-state index contributed by atoms with van der Waals surface area (Å²) in [6, 6.07) is 7.72. The van der Waals surface area contributed by atoms with Crippen molar-refractivity contribution in [3.05, 3.63) is 45.9 Å². The first kappa shape index (κ1) is 19.6. The van der Waals surface area contributed by atoms with Gasteiger partial charge in [0.05, 0.1) is 12.1 Å². The summed E-state index contributed by atoms with van der Waals surface area (Å²) in [7, 11) is 0. The number of β-amino-alcohol motifs (C(OH)–C–C–N with tert-alkyl or cyclic N) is 1. The molecule has 1 aromatic carbocycles. The largest absolute Gasteiger partial charge is 0.392 e. The van der Waals surface area contributed by atoms with Crippen molar-refractivity contribution in [2.45, 2.75) is 31.4 Å². The number of thiazole rings is 1. The maximum atomic E-state index is 12.0. The molecule has 1 aromatic heterocycles. The molecule has 2 N–H and O–H groups in total. The lowest BCUT2D eigenvalue weighted by atomic mass is 10.0. The standard InChI is InChI=1S/C18H20ClN3O2S.ClH/c19-14-4-2-1-3-13(14)16(22-8-7-12(23)10-22)15-9-20-18(25-15)21-17(24)11-5-6-11;/h1-4,9,11-12,16,23H,5-8,10H2,(H,20,21,24);1H/t12-,16?;/m1./s1. The Hall–Kier alpha value is -1.18. The van der Waals surface area contributed by atoms with Gasteiger partial charge in [0.1, 0.15) is 0 Å². The number of carbonyl (C=O) groups is 1. The van der Waals surface area contributed by atoms with Crippen LogP contribution in [0, 0.1) is 5.92 Å². The van der Waals surface area contributed by atoms with E-state index in [0.29, 0.717) is 16.7 Å². The lowest BCUT2D eigenvalue weighted by Gasteiger charge is -2.27. The molecule has 0 spiro atoms. The van der Waals surface area contributed by atoms with Gasteiger partial charge in [-0.05, 0) is 30.9 Å². The van der Waals surface area contributed by atoms with Crippen molar-refractivity contribution in [3.8, 4) is 0 Å². The van der Waals surface area contributed by atoms with Gasteiger partial charge in [-0.25, -0.2) is 4.98 Å². The fourth-order valence-corrected chi connectivity index (χ4v) is 4.47. The smallest absolute Gasteiger partial charge is 0.229 e. The van der Waals surface area contributed by atoms with Crippen molar-refractivity contribution in [1.29, 1.82) is 0 Å². The number of aliphatic hydroxyl groups excluding tert-OH is 1. The number of carbonyl (C=O) groups excluding carboxylic acids is 1. The minimum Gasteiger partial charge on any atom is -0.392 e. The van der Waals surface area contributed by atoms with E-state index in [9.17, 15) is 9.90 Å². The van der Waals surface area contributed by atoms with Crippen LogP contribution in [-0.2, 0) is 4.79 Å². The summed E-state index contributed by atoms with van der Waals surface area (Å²) in [5.74, 6) is 0.215. The number of aliphatic hydroxyl groups is 1. The van der Waals surface area contributed by atoms with Crippen LogP contribution < -0.4 is 5.32 Å². The molecule has 140 valence electrons. The van der Waals surface area contributed by atoms with Crippen LogP contribution in [0.4, 0.5) is 5.13 Å². The molecule has 2 aromatic rings. The Bertz CT molecular complexity index is 781. The van der Waals surface area contributed by atoms with Crippen molar-refractivity contribution >= 4 is 46.4 Å². The zero-order valence-corrected chi connectivity index (χ0v) is 16.5. The predicted molar refractivity (Wildman–Crippen MR) is 106 cm³/mol. The minimum absolute atomic E-state index is 0. The van der Waals surface area contributed by atoms with Crippen LogP contribution in [0.2, 0.25) is 5.02 Å². The molecule has 8 heteroatoms. The summed E-state index contributed by atoms with van der Waals surface area (Å²) in [6.07, 6.45) is 4.19. The Morgan fingerprint density at radius 3 is 2.77 bits per heavy atom. The van der Waals surface area contributed by atoms with Gasteiger partial charge >= 0.3 is 0 Å². The van der Waals surface area contributed by atoms with Crippen LogP contribution in [0.1, 0.15) is 35.7 Å². The quantitative estimate of drug-likeness (QED) is 0.783. The molecule has 2 aliphatic rings. The zero-order valence-electron chi connectivity index (χ0n) is 14.1. The normalized spacial score (nSPS) is 21.2. The second-order valence-corrected chi connectivity index (χ2v) is 8.16. The fourth-order valence-electron chi connectivity index (χ4n) is 3.25. The van der Waals surface area contributed by atoms with E-state index in [1.165, 1.54) is 11.3 Å². The van der Waals surface area contributed by atoms with Crippen LogP contribution in [0.15, 0.2) is 30.5 Å². The number of benzene rings is 1. The average molecular weight is 414 g/mol. The number of amides is 1. The highest BCUT2D eigenvalue weighted by atomic mass is 35.5.